The van der Waals surface area contributed by atoms with Crippen LogP contribution in [-0.2, 0) is 9.53 Å². The molecule has 3 rings (SSSR count). The van der Waals surface area contributed by atoms with Crippen molar-refractivity contribution in [3.05, 3.63) is 69.5 Å². The highest BCUT2D eigenvalue weighted by Gasteiger charge is 2.28. The zero-order chi connectivity index (χ0) is 21.2. The highest BCUT2D eigenvalue weighted by atomic mass is 16.6. The smallest absolute Gasteiger partial charge is 0.344 e. The SMILES string of the molecule is CC(C)(C)OC(=O)COc1ccc2c(c1)O/C(=C\c1cccc([N+](=O)[O-])c1)C2=O. The highest BCUT2D eigenvalue weighted by molar-refractivity contribution is 6.14. The Morgan fingerprint density at radius 3 is 2.66 bits per heavy atom. The van der Waals surface area contributed by atoms with Gasteiger partial charge >= 0.3 is 5.97 Å². The van der Waals surface area contributed by atoms with Crippen LogP contribution in [0.3, 0.4) is 0 Å². The summed E-state index contributed by atoms with van der Waals surface area (Å²) in [5, 5.41) is 10.9. The lowest BCUT2D eigenvalue weighted by molar-refractivity contribution is -0.384. The van der Waals surface area contributed by atoms with E-state index in [2.05, 4.69) is 0 Å². The fourth-order valence-electron chi connectivity index (χ4n) is 2.65. The molecule has 0 aliphatic carbocycles. The second-order valence-corrected chi connectivity index (χ2v) is 7.32. The van der Waals surface area contributed by atoms with Gasteiger partial charge in [0.05, 0.1) is 10.5 Å². The number of nitro groups is 1. The molecule has 0 N–H and O–H groups in total. The Kier molecular flexibility index (Phi) is 5.36. The molecule has 1 aliphatic rings. The summed E-state index contributed by atoms with van der Waals surface area (Å²) < 4.78 is 16.2. The topological polar surface area (TPSA) is 105 Å². The number of Topliss-reactive ketones (excluding diaryl/α,β-unsaturated/α-hetero) is 1. The standard InChI is InChI=1S/C21H19NO7/c1-21(2,3)29-19(23)12-27-15-7-8-16-17(11-15)28-18(20(16)24)10-13-5-4-6-14(9-13)22(25)26/h4-11H,12H2,1-3H3/b18-10-. The van der Waals surface area contributed by atoms with Crippen LogP contribution >= 0.6 is 0 Å². The molecule has 8 heteroatoms. The van der Waals surface area contributed by atoms with Gasteiger partial charge in [-0.25, -0.2) is 4.79 Å². The van der Waals surface area contributed by atoms with Crippen LogP contribution in [0.5, 0.6) is 11.5 Å². The number of ketones is 1. The van der Waals surface area contributed by atoms with Crippen molar-refractivity contribution in [2.24, 2.45) is 0 Å². The predicted molar refractivity (Wildman–Crippen MR) is 104 cm³/mol. The minimum Gasteiger partial charge on any atom is -0.482 e. The van der Waals surface area contributed by atoms with Crippen LogP contribution < -0.4 is 9.47 Å². The number of fused-ring (bicyclic) bond motifs is 1. The number of carbonyl (C=O) groups is 2. The van der Waals surface area contributed by atoms with E-state index in [1.807, 2.05) is 0 Å². The molecule has 1 aliphatic heterocycles. The number of ether oxygens (including phenoxy) is 3. The van der Waals surface area contributed by atoms with Crippen molar-refractivity contribution in [1.82, 2.24) is 0 Å². The fourth-order valence-corrected chi connectivity index (χ4v) is 2.65. The van der Waals surface area contributed by atoms with E-state index in [0.29, 0.717) is 16.9 Å². The quantitative estimate of drug-likeness (QED) is 0.326. The first kappa shape index (κ1) is 20.1. The average Bonchev–Trinajstić information content (AvgIpc) is 2.94. The second-order valence-electron chi connectivity index (χ2n) is 7.32. The van der Waals surface area contributed by atoms with Crippen molar-refractivity contribution in [2.75, 3.05) is 6.61 Å². The maximum Gasteiger partial charge on any atom is 0.344 e. The van der Waals surface area contributed by atoms with E-state index in [1.54, 1.807) is 32.9 Å². The number of nitro benzene ring substituents is 1. The third kappa shape index (κ3) is 4.98. The summed E-state index contributed by atoms with van der Waals surface area (Å²) >= 11 is 0. The van der Waals surface area contributed by atoms with Crippen LogP contribution in [0.4, 0.5) is 5.69 Å². The van der Waals surface area contributed by atoms with Gasteiger partial charge in [-0.05, 0) is 44.5 Å². The number of allylic oxidation sites excluding steroid dienone is 1. The Morgan fingerprint density at radius 2 is 1.97 bits per heavy atom. The van der Waals surface area contributed by atoms with E-state index < -0.39 is 16.5 Å². The molecule has 0 spiro atoms. The zero-order valence-electron chi connectivity index (χ0n) is 16.1. The molecule has 0 unspecified atom stereocenters. The van der Waals surface area contributed by atoms with E-state index in [-0.39, 0.29) is 29.6 Å². The number of benzene rings is 2. The summed E-state index contributed by atoms with van der Waals surface area (Å²) in [4.78, 5) is 34.7. The van der Waals surface area contributed by atoms with E-state index in [9.17, 15) is 19.7 Å². The molecular weight excluding hydrogens is 378 g/mol. The number of nitrogens with zero attached hydrogens (tertiary/aromatic N) is 1. The van der Waals surface area contributed by atoms with E-state index >= 15 is 0 Å². The third-order valence-corrected chi connectivity index (χ3v) is 3.80. The monoisotopic (exact) mass is 397 g/mol. The summed E-state index contributed by atoms with van der Waals surface area (Å²) in [7, 11) is 0. The Morgan fingerprint density at radius 1 is 1.21 bits per heavy atom. The third-order valence-electron chi connectivity index (χ3n) is 3.80. The molecule has 0 saturated carbocycles. The molecule has 0 aromatic heterocycles. The molecule has 0 fully saturated rings. The molecule has 29 heavy (non-hydrogen) atoms. The summed E-state index contributed by atoms with van der Waals surface area (Å²) in [5.41, 5.74) is 0.114. The Labute approximate surface area is 166 Å². The highest BCUT2D eigenvalue weighted by Crippen LogP contribution is 2.35. The summed E-state index contributed by atoms with van der Waals surface area (Å²) in [5.74, 6) is -0.177. The van der Waals surface area contributed by atoms with Gasteiger partial charge in [0, 0.05) is 18.2 Å². The number of esters is 1. The average molecular weight is 397 g/mol. The molecule has 2 aromatic carbocycles. The lowest BCUT2D eigenvalue weighted by Gasteiger charge is -2.19. The number of rotatable bonds is 5. The number of hydrogen-bond donors (Lipinski definition) is 0. The zero-order valence-corrected chi connectivity index (χ0v) is 16.1. The van der Waals surface area contributed by atoms with Crippen LogP contribution in [0.2, 0.25) is 0 Å². The molecule has 0 bridgehead atoms. The first-order valence-corrected chi connectivity index (χ1v) is 8.80. The fraction of sp³-hybridized carbons (Fsp3) is 0.238. The first-order chi connectivity index (χ1) is 13.6. The normalized spacial score (nSPS) is 14.3. The van der Waals surface area contributed by atoms with Crippen LogP contribution in [0, 0.1) is 10.1 Å². The minimum atomic E-state index is -0.611. The summed E-state index contributed by atoms with van der Waals surface area (Å²) in [6, 6.07) is 10.5. The Bertz CT molecular complexity index is 1020. The van der Waals surface area contributed by atoms with Gasteiger partial charge in [0.15, 0.2) is 12.4 Å². The van der Waals surface area contributed by atoms with Crippen molar-refractivity contribution in [2.45, 2.75) is 26.4 Å². The van der Waals surface area contributed by atoms with Crippen molar-refractivity contribution >= 4 is 23.5 Å². The van der Waals surface area contributed by atoms with Gasteiger partial charge in [-0.15, -0.1) is 0 Å². The second kappa shape index (κ2) is 7.75. The van der Waals surface area contributed by atoms with Crippen molar-refractivity contribution < 1.29 is 28.7 Å². The lowest BCUT2D eigenvalue weighted by atomic mass is 10.1. The van der Waals surface area contributed by atoms with Gasteiger partial charge in [-0.1, -0.05) is 12.1 Å². The van der Waals surface area contributed by atoms with Gasteiger partial charge in [0.25, 0.3) is 5.69 Å². The Balaban J connectivity index is 1.73. The number of carbonyl (C=O) groups excluding carboxylic acids is 2. The van der Waals surface area contributed by atoms with Gasteiger partial charge in [-0.2, -0.15) is 0 Å². The molecule has 150 valence electrons. The van der Waals surface area contributed by atoms with Crippen LogP contribution in [0.25, 0.3) is 6.08 Å². The molecule has 0 radical (unpaired) electrons. The van der Waals surface area contributed by atoms with Crippen molar-refractivity contribution in [3.63, 3.8) is 0 Å². The molecule has 8 nitrogen and oxygen atoms in total. The predicted octanol–water partition coefficient (Wildman–Crippen LogP) is 3.93. The Hall–Kier alpha value is -3.68. The summed E-state index contributed by atoms with van der Waals surface area (Å²) in [6.07, 6.45) is 1.44. The minimum absolute atomic E-state index is 0.0461. The van der Waals surface area contributed by atoms with E-state index in [1.165, 1.54) is 36.4 Å². The molecular formula is C21H19NO7. The van der Waals surface area contributed by atoms with Crippen LogP contribution in [0.15, 0.2) is 48.2 Å². The maximum atomic E-state index is 12.5. The van der Waals surface area contributed by atoms with Gasteiger partial charge in [-0.3, -0.25) is 14.9 Å². The molecule has 2 aromatic rings. The number of hydrogen-bond acceptors (Lipinski definition) is 7. The van der Waals surface area contributed by atoms with Crippen molar-refractivity contribution in [3.8, 4) is 11.5 Å². The van der Waals surface area contributed by atoms with E-state index in [4.69, 9.17) is 14.2 Å². The lowest BCUT2D eigenvalue weighted by Crippen LogP contribution is -2.27. The molecule has 0 atom stereocenters. The van der Waals surface area contributed by atoms with Crippen LogP contribution in [0.1, 0.15) is 36.7 Å². The van der Waals surface area contributed by atoms with Gasteiger partial charge in [0.1, 0.15) is 17.1 Å². The van der Waals surface area contributed by atoms with Gasteiger partial charge in [0.2, 0.25) is 5.78 Å². The van der Waals surface area contributed by atoms with Crippen molar-refractivity contribution in [1.29, 1.82) is 0 Å². The first-order valence-electron chi connectivity index (χ1n) is 8.80. The maximum absolute atomic E-state index is 12.5. The van der Waals surface area contributed by atoms with Crippen LogP contribution in [-0.4, -0.2) is 28.9 Å². The molecule has 1 heterocycles. The van der Waals surface area contributed by atoms with E-state index in [0.717, 1.165) is 0 Å². The summed E-state index contributed by atoms with van der Waals surface area (Å²) in [6.45, 7) is 5.00. The number of non-ortho nitro benzene ring substituents is 1. The van der Waals surface area contributed by atoms with Gasteiger partial charge < -0.3 is 14.2 Å². The molecule has 0 saturated heterocycles. The molecule has 0 amide bonds. The largest absolute Gasteiger partial charge is 0.482 e.